The Kier molecular flexibility index (Phi) is 5.38. The first-order chi connectivity index (χ1) is 15.9. The van der Waals surface area contributed by atoms with E-state index in [1.54, 1.807) is 29.2 Å². The minimum atomic E-state index is -0.351. The summed E-state index contributed by atoms with van der Waals surface area (Å²) in [4.78, 5) is 21.7. The van der Waals surface area contributed by atoms with Crippen molar-refractivity contribution in [2.24, 2.45) is 0 Å². The topological polar surface area (TPSA) is 76.5 Å². The number of halogens is 2. The zero-order valence-electron chi connectivity index (χ0n) is 17.9. The van der Waals surface area contributed by atoms with E-state index in [1.807, 2.05) is 44.2 Å². The average Bonchev–Trinajstić information content (AvgIpc) is 3.21. The molecule has 33 heavy (non-hydrogen) atoms. The predicted molar refractivity (Wildman–Crippen MR) is 129 cm³/mol. The lowest BCUT2D eigenvalue weighted by Gasteiger charge is -2.16. The first-order valence-electron chi connectivity index (χ1n) is 10.3. The maximum Gasteiger partial charge on any atom is 0.251 e. The Morgan fingerprint density at radius 1 is 1.03 bits per heavy atom. The molecule has 0 bridgehead atoms. The summed E-state index contributed by atoms with van der Waals surface area (Å²) in [5, 5.41) is 8.26. The summed E-state index contributed by atoms with van der Waals surface area (Å²) in [6, 6.07) is 13.6. The summed E-state index contributed by atoms with van der Waals surface area (Å²) in [6.45, 7) is 3.80. The number of aromatic amines is 1. The van der Waals surface area contributed by atoms with Crippen LogP contribution in [0.4, 0.5) is 4.39 Å². The molecule has 5 rings (SSSR count). The number of benzene rings is 1. The fourth-order valence-corrected chi connectivity index (χ4v) is 4.42. The van der Waals surface area contributed by atoms with E-state index in [-0.39, 0.29) is 17.4 Å². The van der Waals surface area contributed by atoms with Gasteiger partial charge in [0, 0.05) is 51.3 Å². The molecule has 4 heterocycles. The molecule has 4 aromatic heterocycles. The van der Waals surface area contributed by atoms with Crippen LogP contribution in [0.25, 0.3) is 33.4 Å². The Bertz CT molecular complexity index is 1540. The summed E-state index contributed by atoms with van der Waals surface area (Å²) in [5.74, 6) is -0.351. The number of hydrogen-bond donors (Lipinski definition) is 1. The monoisotopic (exact) mass is 503 g/mol. The maximum atomic E-state index is 13.8. The van der Waals surface area contributed by atoms with Crippen molar-refractivity contribution in [2.45, 2.75) is 19.9 Å². The van der Waals surface area contributed by atoms with Gasteiger partial charge in [0.2, 0.25) is 0 Å². The number of hydrogen-bond acceptors (Lipinski definition) is 4. The van der Waals surface area contributed by atoms with Crippen molar-refractivity contribution in [3.63, 3.8) is 0 Å². The number of nitrogens with zero attached hydrogens (tertiary/aromatic N) is 4. The number of H-pyrrole nitrogens is 1. The molecule has 6 nitrogen and oxygen atoms in total. The van der Waals surface area contributed by atoms with Crippen LogP contribution >= 0.6 is 15.9 Å². The fourth-order valence-electron chi connectivity index (χ4n) is 3.94. The lowest BCUT2D eigenvalue weighted by Crippen LogP contribution is -2.22. The molecular weight excluding hydrogens is 485 g/mol. The first-order valence-corrected chi connectivity index (χ1v) is 11.1. The van der Waals surface area contributed by atoms with Crippen LogP contribution in [0.5, 0.6) is 0 Å². The zero-order chi connectivity index (χ0) is 23.1. The van der Waals surface area contributed by atoms with Crippen LogP contribution in [0.3, 0.4) is 0 Å². The summed E-state index contributed by atoms with van der Waals surface area (Å²) in [5.41, 5.74) is 5.37. The smallest absolute Gasteiger partial charge is 0.251 e. The molecule has 0 amide bonds. The summed E-state index contributed by atoms with van der Waals surface area (Å²) in [7, 11) is 0. The normalized spacial score (nSPS) is 12.2. The van der Waals surface area contributed by atoms with Crippen LogP contribution in [0.2, 0.25) is 0 Å². The van der Waals surface area contributed by atoms with Crippen LogP contribution in [0.1, 0.15) is 24.2 Å². The number of rotatable bonds is 4. The standard InChI is InChI=1S/C25H19BrFN5O/c1-14-7-17(3-5-28-14)24-22-10-19(13-29-25(22)31-30-24)16-4-6-32(23(33)11-16)15(2)18-8-20(26)12-21(27)9-18/h3-13,15H,1-2H3,(H,29,30,31). The van der Waals surface area contributed by atoms with Gasteiger partial charge in [-0.05, 0) is 67.4 Å². The van der Waals surface area contributed by atoms with E-state index < -0.39 is 0 Å². The van der Waals surface area contributed by atoms with Crippen molar-refractivity contribution in [1.82, 2.24) is 24.7 Å². The predicted octanol–water partition coefficient (Wildman–Crippen LogP) is 5.67. The molecule has 1 atom stereocenters. The molecule has 1 N–H and O–H groups in total. The van der Waals surface area contributed by atoms with Crippen LogP contribution in [-0.4, -0.2) is 24.7 Å². The minimum absolute atomic E-state index is 0.183. The van der Waals surface area contributed by atoms with E-state index in [9.17, 15) is 9.18 Å². The largest absolute Gasteiger partial charge is 0.308 e. The zero-order valence-corrected chi connectivity index (χ0v) is 19.5. The van der Waals surface area contributed by atoms with Crippen molar-refractivity contribution < 1.29 is 4.39 Å². The van der Waals surface area contributed by atoms with E-state index in [1.165, 1.54) is 12.1 Å². The van der Waals surface area contributed by atoms with Crippen molar-refractivity contribution >= 4 is 27.0 Å². The van der Waals surface area contributed by atoms with E-state index >= 15 is 0 Å². The molecule has 0 spiro atoms. The van der Waals surface area contributed by atoms with Gasteiger partial charge in [0.05, 0.1) is 6.04 Å². The van der Waals surface area contributed by atoms with E-state index in [4.69, 9.17) is 0 Å². The van der Waals surface area contributed by atoms with Crippen molar-refractivity contribution in [1.29, 1.82) is 0 Å². The van der Waals surface area contributed by atoms with Gasteiger partial charge in [-0.3, -0.25) is 14.9 Å². The van der Waals surface area contributed by atoms with Crippen LogP contribution in [0, 0.1) is 12.7 Å². The molecule has 0 aliphatic carbocycles. The third-order valence-electron chi connectivity index (χ3n) is 5.65. The van der Waals surface area contributed by atoms with Gasteiger partial charge in [0.25, 0.3) is 5.56 Å². The lowest BCUT2D eigenvalue weighted by molar-refractivity contribution is 0.592. The number of aryl methyl sites for hydroxylation is 1. The average molecular weight is 504 g/mol. The maximum absolute atomic E-state index is 13.8. The van der Waals surface area contributed by atoms with Gasteiger partial charge >= 0.3 is 0 Å². The molecule has 8 heteroatoms. The van der Waals surface area contributed by atoms with E-state index in [2.05, 4.69) is 36.1 Å². The highest BCUT2D eigenvalue weighted by atomic mass is 79.9. The second kappa shape index (κ2) is 8.37. The van der Waals surface area contributed by atoms with Gasteiger partial charge < -0.3 is 4.57 Å². The number of nitrogens with one attached hydrogen (secondary N) is 1. The summed E-state index contributed by atoms with van der Waals surface area (Å²) in [6.07, 6.45) is 5.20. The Labute approximate surface area is 197 Å². The molecular formula is C25H19BrFN5O. The van der Waals surface area contributed by atoms with E-state index in [0.29, 0.717) is 15.7 Å². The third-order valence-corrected chi connectivity index (χ3v) is 6.11. The second-order valence-corrected chi connectivity index (χ2v) is 8.83. The van der Waals surface area contributed by atoms with Gasteiger partial charge in [-0.1, -0.05) is 15.9 Å². The van der Waals surface area contributed by atoms with Gasteiger partial charge in [0.1, 0.15) is 11.5 Å². The highest BCUT2D eigenvalue weighted by Gasteiger charge is 2.14. The molecule has 1 unspecified atom stereocenters. The Balaban J connectivity index is 1.53. The Morgan fingerprint density at radius 2 is 1.88 bits per heavy atom. The molecule has 5 aromatic rings. The number of fused-ring (bicyclic) bond motifs is 1. The van der Waals surface area contributed by atoms with Crippen molar-refractivity contribution in [2.75, 3.05) is 0 Å². The first kappa shape index (κ1) is 21.2. The number of pyridine rings is 3. The van der Waals surface area contributed by atoms with Crippen molar-refractivity contribution in [3.05, 3.63) is 99.0 Å². The summed E-state index contributed by atoms with van der Waals surface area (Å²) < 4.78 is 16.0. The molecule has 0 fully saturated rings. The van der Waals surface area contributed by atoms with E-state index in [0.717, 1.165) is 33.5 Å². The lowest BCUT2D eigenvalue weighted by atomic mass is 10.0. The van der Waals surface area contributed by atoms with Crippen molar-refractivity contribution in [3.8, 4) is 22.4 Å². The number of aromatic nitrogens is 5. The van der Waals surface area contributed by atoms with Gasteiger partial charge in [-0.2, -0.15) is 5.10 Å². The van der Waals surface area contributed by atoms with Gasteiger partial charge in [0.15, 0.2) is 5.65 Å². The molecule has 164 valence electrons. The molecule has 1 aromatic carbocycles. The van der Waals surface area contributed by atoms with Gasteiger partial charge in [-0.15, -0.1) is 0 Å². The highest BCUT2D eigenvalue weighted by molar-refractivity contribution is 9.10. The molecule has 0 saturated carbocycles. The van der Waals surface area contributed by atoms with Crippen LogP contribution in [0.15, 0.2) is 76.4 Å². The Morgan fingerprint density at radius 3 is 2.64 bits per heavy atom. The summed E-state index contributed by atoms with van der Waals surface area (Å²) >= 11 is 3.31. The third kappa shape index (κ3) is 4.09. The molecule has 0 saturated heterocycles. The molecule has 0 aliphatic rings. The quantitative estimate of drug-likeness (QED) is 0.342. The second-order valence-electron chi connectivity index (χ2n) is 7.92. The molecule has 0 radical (unpaired) electrons. The minimum Gasteiger partial charge on any atom is -0.308 e. The van der Waals surface area contributed by atoms with Gasteiger partial charge in [-0.25, -0.2) is 9.37 Å². The SMILES string of the molecule is Cc1cc(-c2n[nH]c3ncc(-c4ccn(C(C)c5cc(F)cc(Br)c5)c(=O)c4)cc23)ccn1. The Hall–Kier alpha value is -3.65. The highest BCUT2D eigenvalue weighted by Crippen LogP contribution is 2.29. The van der Waals surface area contributed by atoms with Crippen LogP contribution in [-0.2, 0) is 0 Å². The van der Waals surface area contributed by atoms with Crippen LogP contribution < -0.4 is 5.56 Å². The fraction of sp³-hybridized carbons (Fsp3) is 0.120. The molecule has 0 aliphatic heterocycles.